The molecule has 0 unspecified atom stereocenters. The van der Waals surface area contributed by atoms with E-state index in [0.29, 0.717) is 6.04 Å². The molecule has 1 atom stereocenters. The molecule has 4 heteroatoms. The molecule has 1 aliphatic heterocycles. The van der Waals surface area contributed by atoms with Crippen LogP contribution in [0.5, 0.6) is 0 Å². The molecule has 0 aliphatic carbocycles. The smallest absolute Gasteiger partial charge is 0.134 e. The number of fused-ring (bicyclic) bond motifs is 1. The van der Waals surface area contributed by atoms with Crippen LogP contribution < -0.4 is 5.32 Å². The van der Waals surface area contributed by atoms with Crippen molar-refractivity contribution < 1.29 is 4.42 Å². The Morgan fingerprint density at radius 3 is 2.84 bits per heavy atom. The van der Waals surface area contributed by atoms with Gasteiger partial charge in [0.1, 0.15) is 11.3 Å². The normalized spacial score (nSPS) is 18.5. The largest absolute Gasteiger partial charge is 0.460 e. The van der Waals surface area contributed by atoms with Crippen molar-refractivity contribution in [2.75, 3.05) is 13.1 Å². The summed E-state index contributed by atoms with van der Waals surface area (Å²) in [5.41, 5.74) is 2.09. The minimum Gasteiger partial charge on any atom is -0.460 e. The maximum atomic E-state index is 6.08. The lowest BCUT2D eigenvalue weighted by Crippen LogP contribution is -2.35. The SMILES string of the molecule is c1ccc(CN(Cc2cc3ccccc3o2)[C@@H]2CCCNCC2)nc1. The predicted molar refractivity (Wildman–Crippen MR) is 100 cm³/mol. The van der Waals surface area contributed by atoms with E-state index in [4.69, 9.17) is 4.42 Å². The van der Waals surface area contributed by atoms with Crippen molar-refractivity contribution in [2.24, 2.45) is 0 Å². The highest BCUT2D eigenvalue weighted by molar-refractivity contribution is 5.77. The summed E-state index contributed by atoms with van der Waals surface area (Å²) >= 11 is 0. The lowest BCUT2D eigenvalue weighted by molar-refractivity contribution is 0.151. The zero-order valence-electron chi connectivity index (χ0n) is 14.5. The zero-order valence-corrected chi connectivity index (χ0v) is 14.5. The number of benzene rings is 1. The molecule has 0 bridgehead atoms. The van der Waals surface area contributed by atoms with E-state index in [1.54, 1.807) is 0 Å². The molecule has 4 nitrogen and oxygen atoms in total. The van der Waals surface area contributed by atoms with Gasteiger partial charge in [0.25, 0.3) is 0 Å². The predicted octanol–water partition coefficient (Wildman–Crippen LogP) is 3.97. The van der Waals surface area contributed by atoms with Crippen molar-refractivity contribution in [3.8, 4) is 0 Å². The van der Waals surface area contributed by atoms with Gasteiger partial charge in [-0.3, -0.25) is 9.88 Å². The number of nitrogens with zero attached hydrogens (tertiary/aromatic N) is 2. The first-order valence-corrected chi connectivity index (χ1v) is 9.20. The molecule has 0 radical (unpaired) electrons. The summed E-state index contributed by atoms with van der Waals surface area (Å²) < 4.78 is 6.08. The molecule has 0 spiro atoms. The van der Waals surface area contributed by atoms with E-state index in [1.807, 2.05) is 24.4 Å². The van der Waals surface area contributed by atoms with Gasteiger partial charge in [-0.25, -0.2) is 0 Å². The summed E-state index contributed by atoms with van der Waals surface area (Å²) in [6.07, 6.45) is 5.50. The Hall–Kier alpha value is -2.17. The van der Waals surface area contributed by atoms with Crippen molar-refractivity contribution in [2.45, 2.75) is 38.4 Å². The highest BCUT2D eigenvalue weighted by atomic mass is 16.3. The van der Waals surface area contributed by atoms with Crippen molar-refractivity contribution in [1.82, 2.24) is 15.2 Å². The van der Waals surface area contributed by atoms with Gasteiger partial charge in [0.15, 0.2) is 0 Å². The number of hydrogen-bond donors (Lipinski definition) is 1. The topological polar surface area (TPSA) is 41.3 Å². The van der Waals surface area contributed by atoms with Gasteiger partial charge in [0.05, 0.1) is 12.2 Å². The minimum atomic E-state index is 0.560. The van der Waals surface area contributed by atoms with Crippen LogP contribution in [0.2, 0.25) is 0 Å². The number of aromatic nitrogens is 1. The number of furan rings is 1. The van der Waals surface area contributed by atoms with Crippen molar-refractivity contribution in [3.63, 3.8) is 0 Å². The number of rotatable bonds is 5. The van der Waals surface area contributed by atoms with Gasteiger partial charge < -0.3 is 9.73 Å². The first-order chi connectivity index (χ1) is 12.4. The molecular formula is C21H25N3O. The van der Waals surface area contributed by atoms with Crippen LogP contribution in [0.15, 0.2) is 59.1 Å². The number of para-hydroxylation sites is 1. The van der Waals surface area contributed by atoms with Gasteiger partial charge in [-0.05, 0) is 56.6 Å². The number of nitrogens with one attached hydrogen (secondary N) is 1. The molecule has 0 amide bonds. The molecule has 3 heterocycles. The van der Waals surface area contributed by atoms with Crippen LogP contribution in [-0.4, -0.2) is 29.0 Å². The Balaban J connectivity index is 1.57. The molecule has 4 rings (SSSR count). The molecule has 1 aromatic carbocycles. The van der Waals surface area contributed by atoms with Gasteiger partial charge >= 0.3 is 0 Å². The van der Waals surface area contributed by atoms with E-state index in [2.05, 4.69) is 45.5 Å². The van der Waals surface area contributed by atoms with E-state index in [0.717, 1.165) is 43.2 Å². The highest BCUT2D eigenvalue weighted by Crippen LogP contribution is 2.24. The van der Waals surface area contributed by atoms with Crippen molar-refractivity contribution >= 4 is 11.0 Å². The average Bonchev–Trinajstić information content (AvgIpc) is 2.86. The maximum absolute atomic E-state index is 6.08. The monoisotopic (exact) mass is 335 g/mol. The Morgan fingerprint density at radius 2 is 1.96 bits per heavy atom. The Bertz CT molecular complexity index is 758. The van der Waals surface area contributed by atoms with Gasteiger partial charge in [0, 0.05) is 24.2 Å². The van der Waals surface area contributed by atoms with Crippen molar-refractivity contribution in [1.29, 1.82) is 0 Å². The van der Waals surface area contributed by atoms with Gasteiger partial charge in [-0.15, -0.1) is 0 Å². The quantitative estimate of drug-likeness (QED) is 0.766. The van der Waals surface area contributed by atoms with E-state index in [9.17, 15) is 0 Å². The Morgan fingerprint density at radius 1 is 1.04 bits per heavy atom. The lowest BCUT2D eigenvalue weighted by atomic mass is 10.1. The van der Waals surface area contributed by atoms with Crippen LogP contribution in [0.1, 0.15) is 30.7 Å². The summed E-state index contributed by atoms with van der Waals surface area (Å²) in [6, 6.07) is 17.1. The maximum Gasteiger partial charge on any atom is 0.134 e. The third-order valence-corrected chi connectivity index (χ3v) is 4.99. The fraction of sp³-hybridized carbons (Fsp3) is 0.381. The van der Waals surface area contributed by atoms with Crippen LogP contribution >= 0.6 is 0 Å². The Labute approximate surface area is 148 Å². The van der Waals surface area contributed by atoms with Crippen LogP contribution in [0, 0.1) is 0 Å². The average molecular weight is 335 g/mol. The summed E-state index contributed by atoms with van der Waals surface area (Å²) in [7, 11) is 0. The van der Waals surface area contributed by atoms with E-state index in [-0.39, 0.29) is 0 Å². The molecule has 1 N–H and O–H groups in total. The standard InChI is InChI=1S/C21H25N3O/c1-2-9-21-17(6-1)14-20(25-21)16-24(15-18-7-3-4-12-23-18)19-8-5-11-22-13-10-19/h1-4,6-7,9,12,14,19,22H,5,8,10-11,13,15-16H2/t19-/m1/s1. The van der Waals surface area contributed by atoms with Crippen LogP contribution in [0.4, 0.5) is 0 Å². The lowest BCUT2D eigenvalue weighted by Gasteiger charge is -2.30. The molecule has 1 saturated heterocycles. The molecule has 130 valence electrons. The zero-order chi connectivity index (χ0) is 16.9. The number of hydrogen-bond acceptors (Lipinski definition) is 4. The minimum absolute atomic E-state index is 0.560. The molecule has 3 aromatic rings. The van der Waals surface area contributed by atoms with Crippen LogP contribution in [0.3, 0.4) is 0 Å². The van der Waals surface area contributed by atoms with Crippen molar-refractivity contribution in [3.05, 3.63) is 66.2 Å². The third kappa shape index (κ3) is 4.09. The Kier molecular flexibility index (Phi) is 5.09. The fourth-order valence-electron chi connectivity index (χ4n) is 3.69. The fourth-order valence-corrected chi connectivity index (χ4v) is 3.69. The van der Waals surface area contributed by atoms with Gasteiger partial charge in [0.2, 0.25) is 0 Å². The molecule has 25 heavy (non-hydrogen) atoms. The first-order valence-electron chi connectivity index (χ1n) is 9.20. The molecule has 2 aromatic heterocycles. The second-order valence-corrected chi connectivity index (χ2v) is 6.81. The first kappa shape index (κ1) is 16.3. The summed E-state index contributed by atoms with van der Waals surface area (Å²) in [5, 5.41) is 4.69. The molecule has 1 fully saturated rings. The summed E-state index contributed by atoms with van der Waals surface area (Å²) in [4.78, 5) is 7.07. The van der Waals surface area contributed by atoms with Crippen LogP contribution in [0.25, 0.3) is 11.0 Å². The summed E-state index contributed by atoms with van der Waals surface area (Å²) in [6.45, 7) is 3.90. The summed E-state index contributed by atoms with van der Waals surface area (Å²) in [5.74, 6) is 1.04. The van der Waals surface area contributed by atoms with Gasteiger partial charge in [-0.2, -0.15) is 0 Å². The highest BCUT2D eigenvalue weighted by Gasteiger charge is 2.22. The third-order valence-electron chi connectivity index (χ3n) is 4.99. The molecule has 0 saturated carbocycles. The van der Waals surface area contributed by atoms with Gasteiger partial charge in [-0.1, -0.05) is 24.3 Å². The van der Waals surface area contributed by atoms with E-state index in [1.165, 1.54) is 24.6 Å². The van der Waals surface area contributed by atoms with E-state index < -0.39 is 0 Å². The second kappa shape index (κ2) is 7.81. The molecule has 1 aliphatic rings. The number of pyridine rings is 1. The molecular weight excluding hydrogens is 310 g/mol. The van der Waals surface area contributed by atoms with E-state index >= 15 is 0 Å². The van der Waals surface area contributed by atoms with Crippen LogP contribution in [-0.2, 0) is 13.1 Å². The second-order valence-electron chi connectivity index (χ2n) is 6.81.